The highest BCUT2D eigenvalue weighted by Crippen LogP contribution is 2.19. The Morgan fingerprint density at radius 3 is 2.43 bits per heavy atom. The minimum absolute atomic E-state index is 0.174. The van der Waals surface area contributed by atoms with Crippen LogP contribution in [0.3, 0.4) is 0 Å². The molecule has 0 unspecified atom stereocenters. The van der Waals surface area contributed by atoms with Crippen molar-refractivity contribution in [1.29, 1.82) is 0 Å². The number of carbonyl (C=O) groups is 2. The number of rotatable bonds is 6. The van der Waals surface area contributed by atoms with Crippen LogP contribution in [-0.2, 0) is 14.3 Å². The lowest BCUT2D eigenvalue weighted by atomic mass is 10.2. The summed E-state index contributed by atoms with van der Waals surface area (Å²) in [5.41, 5.74) is 0.736. The molecule has 0 saturated heterocycles. The van der Waals surface area contributed by atoms with Gasteiger partial charge in [0.05, 0.1) is 13.0 Å². The first-order valence-electron chi connectivity index (χ1n) is 6.47. The first-order valence-corrected chi connectivity index (χ1v) is 7.23. The molecule has 0 N–H and O–H groups in total. The number of halogens is 2. The highest BCUT2D eigenvalue weighted by atomic mass is 35.5. The maximum absolute atomic E-state index is 11.9. The van der Waals surface area contributed by atoms with Gasteiger partial charge < -0.3 is 9.64 Å². The van der Waals surface area contributed by atoms with Gasteiger partial charge in [-0.05, 0) is 36.8 Å². The predicted molar refractivity (Wildman–Crippen MR) is 84.4 cm³/mol. The number of hydrogen-bond acceptors (Lipinski definition) is 3. The Morgan fingerprint density at radius 1 is 1.24 bits per heavy atom. The Labute approximate surface area is 134 Å². The van der Waals surface area contributed by atoms with Gasteiger partial charge in [-0.1, -0.05) is 23.2 Å². The van der Waals surface area contributed by atoms with Gasteiger partial charge in [-0.15, -0.1) is 0 Å². The summed E-state index contributed by atoms with van der Waals surface area (Å²) in [5, 5.41) is 1.01. The molecule has 1 aromatic rings. The minimum Gasteiger partial charge on any atom is -0.466 e. The van der Waals surface area contributed by atoms with E-state index in [0.717, 1.165) is 5.56 Å². The highest BCUT2D eigenvalue weighted by molar-refractivity contribution is 6.34. The molecule has 0 heterocycles. The van der Waals surface area contributed by atoms with Gasteiger partial charge in [0.1, 0.15) is 0 Å². The molecular weight excluding hydrogens is 313 g/mol. The molecule has 114 valence electrons. The van der Waals surface area contributed by atoms with E-state index in [1.165, 1.54) is 11.0 Å². The van der Waals surface area contributed by atoms with Crippen LogP contribution in [0.4, 0.5) is 0 Å². The third kappa shape index (κ3) is 6.65. The Hall–Kier alpha value is -1.52. The zero-order valence-corrected chi connectivity index (χ0v) is 13.4. The fourth-order valence-corrected chi connectivity index (χ4v) is 2.11. The van der Waals surface area contributed by atoms with Gasteiger partial charge in [-0.3, -0.25) is 9.59 Å². The van der Waals surface area contributed by atoms with Crippen LogP contribution in [-0.4, -0.2) is 37.0 Å². The molecule has 0 fully saturated rings. The van der Waals surface area contributed by atoms with Crippen molar-refractivity contribution in [3.8, 4) is 0 Å². The summed E-state index contributed by atoms with van der Waals surface area (Å²) in [5.74, 6) is -0.529. The zero-order valence-electron chi connectivity index (χ0n) is 11.9. The third-order valence-electron chi connectivity index (χ3n) is 2.64. The molecule has 0 aliphatic heterocycles. The largest absolute Gasteiger partial charge is 0.466 e. The second-order valence-corrected chi connectivity index (χ2v) is 5.22. The monoisotopic (exact) mass is 329 g/mol. The summed E-state index contributed by atoms with van der Waals surface area (Å²) in [6, 6.07) is 5.03. The number of likely N-dealkylation sites (N-methyl/N-ethyl adjacent to an activating group) is 1. The molecule has 0 spiro atoms. The lowest BCUT2D eigenvalue weighted by Crippen LogP contribution is -2.27. The van der Waals surface area contributed by atoms with Crippen LogP contribution in [0, 0.1) is 0 Å². The maximum Gasteiger partial charge on any atom is 0.307 e. The highest BCUT2D eigenvalue weighted by Gasteiger charge is 2.08. The van der Waals surface area contributed by atoms with Crippen molar-refractivity contribution in [2.24, 2.45) is 0 Å². The van der Waals surface area contributed by atoms with Crippen LogP contribution in [0.5, 0.6) is 0 Å². The second kappa shape index (κ2) is 8.70. The molecule has 1 aromatic carbocycles. The first-order chi connectivity index (χ1) is 9.92. The second-order valence-electron chi connectivity index (χ2n) is 4.35. The molecule has 0 aliphatic carbocycles. The van der Waals surface area contributed by atoms with E-state index in [1.54, 1.807) is 38.2 Å². The van der Waals surface area contributed by atoms with Crippen molar-refractivity contribution in [2.45, 2.75) is 13.3 Å². The van der Waals surface area contributed by atoms with E-state index >= 15 is 0 Å². The average Bonchev–Trinajstić information content (AvgIpc) is 2.41. The van der Waals surface area contributed by atoms with Crippen LogP contribution in [0.1, 0.15) is 18.9 Å². The van der Waals surface area contributed by atoms with E-state index < -0.39 is 0 Å². The number of ether oxygens (including phenoxy) is 1. The summed E-state index contributed by atoms with van der Waals surface area (Å²) in [6.45, 7) is 2.38. The molecule has 6 heteroatoms. The number of carbonyl (C=O) groups excluding carboxylic acids is 2. The molecule has 21 heavy (non-hydrogen) atoms. The average molecular weight is 330 g/mol. The van der Waals surface area contributed by atoms with Crippen LogP contribution < -0.4 is 0 Å². The van der Waals surface area contributed by atoms with E-state index in [0.29, 0.717) is 23.2 Å². The number of esters is 1. The smallest absolute Gasteiger partial charge is 0.307 e. The van der Waals surface area contributed by atoms with Crippen molar-refractivity contribution in [2.75, 3.05) is 20.2 Å². The van der Waals surface area contributed by atoms with Gasteiger partial charge in [0.25, 0.3) is 0 Å². The molecular formula is C15H17Cl2NO3. The molecule has 0 aromatic heterocycles. The Morgan fingerprint density at radius 2 is 1.86 bits per heavy atom. The minimum atomic E-state index is -0.317. The predicted octanol–water partition coefficient (Wildman–Crippen LogP) is 3.42. The fraction of sp³-hybridized carbons (Fsp3) is 0.333. The van der Waals surface area contributed by atoms with E-state index in [4.69, 9.17) is 27.9 Å². The molecule has 4 nitrogen and oxygen atoms in total. The first kappa shape index (κ1) is 17.5. The number of hydrogen-bond donors (Lipinski definition) is 0. The van der Waals surface area contributed by atoms with Crippen molar-refractivity contribution in [3.05, 3.63) is 39.9 Å². The summed E-state index contributed by atoms with van der Waals surface area (Å²) in [4.78, 5) is 24.5. The van der Waals surface area contributed by atoms with Gasteiger partial charge in [-0.25, -0.2) is 0 Å². The normalized spacial score (nSPS) is 10.7. The topological polar surface area (TPSA) is 46.6 Å². The lowest BCUT2D eigenvalue weighted by molar-refractivity contribution is -0.143. The van der Waals surface area contributed by atoms with E-state index in [9.17, 15) is 9.59 Å². The van der Waals surface area contributed by atoms with Crippen molar-refractivity contribution >= 4 is 41.2 Å². The summed E-state index contributed by atoms with van der Waals surface area (Å²) >= 11 is 11.8. The maximum atomic E-state index is 11.9. The number of nitrogens with zero attached hydrogens (tertiary/aromatic N) is 1. The van der Waals surface area contributed by atoms with Crippen LogP contribution in [0.25, 0.3) is 6.08 Å². The summed E-state index contributed by atoms with van der Waals surface area (Å²) in [6.07, 6.45) is 3.21. The molecule has 0 aliphatic rings. The third-order valence-corrected chi connectivity index (χ3v) is 3.07. The lowest BCUT2D eigenvalue weighted by Gasteiger charge is -2.14. The van der Waals surface area contributed by atoms with Gasteiger partial charge >= 0.3 is 5.97 Å². The van der Waals surface area contributed by atoms with Gasteiger partial charge in [0.15, 0.2) is 0 Å². The molecule has 1 rings (SSSR count). The van der Waals surface area contributed by atoms with E-state index in [1.807, 2.05) is 0 Å². The Balaban J connectivity index is 2.55. The van der Waals surface area contributed by atoms with Gasteiger partial charge in [0.2, 0.25) is 5.91 Å². The Bertz CT molecular complexity index is 523. The molecule has 1 amide bonds. The number of amides is 1. The van der Waals surface area contributed by atoms with Crippen molar-refractivity contribution in [1.82, 2.24) is 4.90 Å². The molecule has 0 saturated carbocycles. The molecule has 0 radical (unpaired) electrons. The van der Waals surface area contributed by atoms with Crippen molar-refractivity contribution < 1.29 is 14.3 Å². The summed E-state index contributed by atoms with van der Waals surface area (Å²) < 4.78 is 4.80. The quantitative estimate of drug-likeness (QED) is 0.593. The Kier molecular flexibility index (Phi) is 7.26. The van der Waals surface area contributed by atoms with Crippen LogP contribution in [0.15, 0.2) is 24.3 Å². The SMILES string of the molecule is CCOC(=O)CCN(C)C(=O)C=Cc1cc(Cl)cc(Cl)c1. The van der Waals surface area contributed by atoms with E-state index in [-0.39, 0.29) is 18.3 Å². The molecule has 0 atom stereocenters. The van der Waals surface area contributed by atoms with Gasteiger partial charge in [-0.2, -0.15) is 0 Å². The van der Waals surface area contributed by atoms with E-state index in [2.05, 4.69) is 0 Å². The summed E-state index contributed by atoms with van der Waals surface area (Å²) in [7, 11) is 1.62. The zero-order chi connectivity index (χ0) is 15.8. The van der Waals surface area contributed by atoms with Crippen molar-refractivity contribution in [3.63, 3.8) is 0 Å². The van der Waals surface area contributed by atoms with Gasteiger partial charge in [0, 0.05) is 29.7 Å². The number of benzene rings is 1. The van der Waals surface area contributed by atoms with Crippen LogP contribution >= 0.6 is 23.2 Å². The standard InChI is InChI=1S/C15H17Cl2NO3/c1-3-21-15(20)6-7-18(2)14(19)5-4-11-8-12(16)10-13(17)9-11/h4-5,8-10H,3,6-7H2,1-2H3. The fourth-order valence-electron chi connectivity index (χ4n) is 1.57. The molecule has 0 bridgehead atoms. The van der Waals surface area contributed by atoms with Crippen LogP contribution in [0.2, 0.25) is 10.0 Å².